The third-order valence-electron chi connectivity index (χ3n) is 2.60. The van der Waals surface area contributed by atoms with Crippen LogP contribution in [0.4, 0.5) is 5.82 Å². The van der Waals surface area contributed by atoms with E-state index in [1.165, 1.54) is 6.26 Å². The molecule has 2 rings (SSSR count). The van der Waals surface area contributed by atoms with Gasteiger partial charge in [0.15, 0.2) is 5.82 Å². The number of hydrogen-bond donors (Lipinski definition) is 2. The van der Waals surface area contributed by atoms with E-state index in [0.717, 1.165) is 19.3 Å². The summed E-state index contributed by atoms with van der Waals surface area (Å²) in [5, 5.41) is 6.28. The molecule has 0 bridgehead atoms. The van der Waals surface area contributed by atoms with E-state index < -0.39 is 0 Å². The number of hydrogen-bond acceptors (Lipinski definition) is 4. The van der Waals surface area contributed by atoms with E-state index in [9.17, 15) is 4.79 Å². The zero-order valence-corrected chi connectivity index (χ0v) is 7.77. The van der Waals surface area contributed by atoms with Gasteiger partial charge in [-0.1, -0.05) is 11.6 Å². The monoisotopic (exact) mass is 195 g/mol. The topological polar surface area (TPSA) is 81.2 Å². The molecule has 1 aromatic heterocycles. The lowest BCUT2D eigenvalue weighted by molar-refractivity contribution is -0.120. The van der Waals surface area contributed by atoms with E-state index >= 15 is 0 Å². The van der Waals surface area contributed by atoms with E-state index in [0.29, 0.717) is 5.82 Å². The van der Waals surface area contributed by atoms with E-state index in [2.05, 4.69) is 15.0 Å². The Morgan fingerprint density at radius 2 is 2.50 bits per heavy atom. The van der Waals surface area contributed by atoms with Crippen LogP contribution in [0.25, 0.3) is 0 Å². The number of nitrogens with two attached hydrogens (primary N) is 1. The van der Waals surface area contributed by atoms with Gasteiger partial charge in [0.05, 0.1) is 5.92 Å². The Kier molecular flexibility index (Phi) is 2.49. The zero-order chi connectivity index (χ0) is 9.97. The molecule has 1 heterocycles. The zero-order valence-electron chi connectivity index (χ0n) is 7.77. The van der Waals surface area contributed by atoms with Gasteiger partial charge < -0.3 is 15.6 Å². The second-order valence-corrected chi connectivity index (χ2v) is 3.58. The number of aromatic nitrogens is 1. The number of anilines is 1. The van der Waals surface area contributed by atoms with Crippen molar-refractivity contribution in [3.63, 3.8) is 0 Å². The summed E-state index contributed by atoms with van der Waals surface area (Å²) in [6.07, 6.45) is 4.24. The highest BCUT2D eigenvalue weighted by molar-refractivity contribution is 5.92. The molecule has 1 aliphatic rings. The van der Waals surface area contributed by atoms with Crippen LogP contribution < -0.4 is 11.1 Å². The second kappa shape index (κ2) is 3.79. The van der Waals surface area contributed by atoms with Gasteiger partial charge in [-0.2, -0.15) is 0 Å². The summed E-state index contributed by atoms with van der Waals surface area (Å²) >= 11 is 0. The van der Waals surface area contributed by atoms with Crippen LogP contribution in [0.3, 0.4) is 0 Å². The molecule has 1 aliphatic carbocycles. The normalized spacial score (nSPS) is 26.4. The van der Waals surface area contributed by atoms with Gasteiger partial charge in [-0.05, 0) is 12.8 Å². The predicted octanol–water partition coefficient (Wildman–Crippen LogP) is 0.740. The molecule has 1 fully saturated rings. The van der Waals surface area contributed by atoms with Crippen molar-refractivity contribution in [2.75, 3.05) is 5.32 Å². The molecule has 2 unspecified atom stereocenters. The minimum Gasteiger partial charge on any atom is -0.363 e. The van der Waals surface area contributed by atoms with Crippen LogP contribution in [0, 0.1) is 5.92 Å². The van der Waals surface area contributed by atoms with Crippen LogP contribution >= 0.6 is 0 Å². The van der Waals surface area contributed by atoms with Gasteiger partial charge in [-0.3, -0.25) is 4.79 Å². The molecule has 1 saturated carbocycles. The number of carbonyl (C=O) groups excluding carboxylic acids is 1. The Bertz CT molecular complexity index is 310. The average Bonchev–Trinajstić information content (AvgIpc) is 2.75. The quantitative estimate of drug-likeness (QED) is 0.729. The number of amides is 1. The number of nitrogens with zero attached hydrogens (tertiary/aromatic N) is 1. The molecule has 76 valence electrons. The average molecular weight is 195 g/mol. The summed E-state index contributed by atoms with van der Waals surface area (Å²) in [6.45, 7) is 0. The highest BCUT2D eigenvalue weighted by atomic mass is 16.5. The highest BCUT2D eigenvalue weighted by Crippen LogP contribution is 2.24. The van der Waals surface area contributed by atoms with Crippen molar-refractivity contribution in [2.45, 2.75) is 25.3 Å². The first-order valence-electron chi connectivity index (χ1n) is 4.74. The summed E-state index contributed by atoms with van der Waals surface area (Å²) in [5.41, 5.74) is 5.80. The Morgan fingerprint density at radius 1 is 1.64 bits per heavy atom. The van der Waals surface area contributed by atoms with Crippen LogP contribution in [-0.4, -0.2) is 17.1 Å². The molecule has 3 N–H and O–H groups in total. The summed E-state index contributed by atoms with van der Waals surface area (Å²) in [6, 6.07) is 1.60. The first kappa shape index (κ1) is 9.21. The Hall–Kier alpha value is -1.36. The van der Waals surface area contributed by atoms with Gasteiger partial charge in [0.2, 0.25) is 5.91 Å². The largest absolute Gasteiger partial charge is 0.363 e. The lowest BCUT2D eigenvalue weighted by Crippen LogP contribution is -2.34. The fraction of sp³-hybridized carbons (Fsp3) is 0.556. The van der Waals surface area contributed by atoms with Crippen molar-refractivity contribution in [1.29, 1.82) is 0 Å². The minimum absolute atomic E-state index is 0.0121. The Morgan fingerprint density at radius 3 is 3.07 bits per heavy atom. The van der Waals surface area contributed by atoms with Crippen LogP contribution in [0.15, 0.2) is 16.9 Å². The summed E-state index contributed by atoms with van der Waals surface area (Å²) in [5.74, 6) is 0.324. The molecule has 0 aliphatic heterocycles. The molecule has 0 saturated heterocycles. The number of rotatable bonds is 2. The SMILES string of the molecule is NC1CCCC1C(=O)Nc1ccon1. The number of carbonyl (C=O) groups is 1. The maximum absolute atomic E-state index is 11.7. The molecule has 2 atom stereocenters. The van der Waals surface area contributed by atoms with Gasteiger partial charge in [0, 0.05) is 12.1 Å². The fourth-order valence-electron chi connectivity index (χ4n) is 1.81. The van der Waals surface area contributed by atoms with Gasteiger partial charge in [-0.25, -0.2) is 0 Å². The minimum atomic E-state index is -0.0771. The summed E-state index contributed by atoms with van der Waals surface area (Å²) in [7, 11) is 0. The van der Waals surface area contributed by atoms with Gasteiger partial charge >= 0.3 is 0 Å². The molecular formula is C9H13N3O2. The van der Waals surface area contributed by atoms with Crippen molar-refractivity contribution < 1.29 is 9.32 Å². The van der Waals surface area contributed by atoms with Crippen LogP contribution in [0.2, 0.25) is 0 Å². The van der Waals surface area contributed by atoms with Crippen molar-refractivity contribution in [2.24, 2.45) is 11.7 Å². The van der Waals surface area contributed by atoms with Crippen LogP contribution in [-0.2, 0) is 4.79 Å². The molecule has 1 aromatic rings. The Balaban J connectivity index is 1.95. The van der Waals surface area contributed by atoms with Crippen molar-refractivity contribution in [3.8, 4) is 0 Å². The molecule has 5 heteroatoms. The van der Waals surface area contributed by atoms with E-state index in [1.54, 1.807) is 6.07 Å². The van der Waals surface area contributed by atoms with Crippen molar-refractivity contribution in [1.82, 2.24) is 5.16 Å². The third-order valence-corrected chi connectivity index (χ3v) is 2.60. The molecule has 5 nitrogen and oxygen atoms in total. The predicted molar refractivity (Wildman–Crippen MR) is 50.4 cm³/mol. The second-order valence-electron chi connectivity index (χ2n) is 3.58. The lowest BCUT2D eigenvalue weighted by Gasteiger charge is -2.13. The molecular weight excluding hydrogens is 182 g/mol. The highest BCUT2D eigenvalue weighted by Gasteiger charge is 2.30. The maximum Gasteiger partial charge on any atom is 0.230 e. The fourth-order valence-corrected chi connectivity index (χ4v) is 1.81. The van der Waals surface area contributed by atoms with Crippen molar-refractivity contribution >= 4 is 11.7 Å². The summed E-state index contributed by atoms with van der Waals surface area (Å²) < 4.78 is 4.61. The van der Waals surface area contributed by atoms with Crippen LogP contribution in [0.5, 0.6) is 0 Å². The molecule has 14 heavy (non-hydrogen) atoms. The van der Waals surface area contributed by atoms with Gasteiger partial charge in [0.25, 0.3) is 0 Å². The molecule has 0 aromatic carbocycles. The first-order valence-corrected chi connectivity index (χ1v) is 4.74. The maximum atomic E-state index is 11.7. The number of nitrogens with one attached hydrogen (secondary N) is 1. The molecule has 0 radical (unpaired) electrons. The van der Waals surface area contributed by atoms with E-state index in [4.69, 9.17) is 5.73 Å². The molecule has 1 amide bonds. The van der Waals surface area contributed by atoms with E-state index in [1.807, 2.05) is 0 Å². The molecule has 0 spiro atoms. The smallest absolute Gasteiger partial charge is 0.230 e. The van der Waals surface area contributed by atoms with Crippen LogP contribution in [0.1, 0.15) is 19.3 Å². The van der Waals surface area contributed by atoms with Gasteiger partial charge in [-0.15, -0.1) is 0 Å². The van der Waals surface area contributed by atoms with E-state index in [-0.39, 0.29) is 17.9 Å². The lowest BCUT2D eigenvalue weighted by atomic mass is 10.0. The third kappa shape index (κ3) is 1.77. The Labute approximate surface area is 81.6 Å². The standard InChI is InChI=1S/C9H13N3O2/c10-7-3-1-2-6(7)9(13)11-8-4-5-14-12-8/h4-7H,1-3,10H2,(H,11,12,13). The van der Waals surface area contributed by atoms with Gasteiger partial charge in [0.1, 0.15) is 6.26 Å². The summed E-state index contributed by atoms with van der Waals surface area (Å²) in [4.78, 5) is 11.7. The van der Waals surface area contributed by atoms with Crippen molar-refractivity contribution in [3.05, 3.63) is 12.3 Å². The first-order chi connectivity index (χ1) is 6.77.